The lowest BCUT2D eigenvalue weighted by Gasteiger charge is -2.17. The summed E-state index contributed by atoms with van der Waals surface area (Å²) in [5.41, 5.74) is 5.63. The van der Waals surface area contributed by atoms with Crippen molar-refractivity contribution in [2.24, 2.45) is 0 Å². The van der Waals surface area contributed by atoms with Crippen LogP contribution in [0.3, 0.4) is 0 Å². The van der Waals surface area contributed by atoms with Gasteiger partial charge in [-0.05, 0) is 67.0 Å². The van der Waals surface area contributed by atoms with Crippen molar-refractivity contribution in [3.8, 4) is 0 Å². The molecule has 1 aliphatic rings. The van der Waals surface area contributed by atoms with Crippen LogP contribution in [-0.2, 0) is 40.6 Å². The zero-order chi connectivity index (χ0) is 26.3. The van der Waals surface area contributed by atoms with Crippen LogP contribution in [0, 0.1) is 0 Å². The molecule has 4 aromatic rings. The van der Waals surface area contributed by atoms with E-state index in [1.165, 1.54) is 22.7 Å². The molecule has 2 heterocycles. The number of aryl methyl sites for hydroxylation is 2. The Balaban J connectivity index is 1.45. The van der Waals surface area contributed by atoms with Crippen molar-refractivity contribution in [3.63, 3.8) is 0 Å². The van der Waals surface area contributed by atoms with Crippen molar-refractivity contribution in [2.75, 3.05) is 0 Å². The summed E-state index contributed by atoms with van der Waals surface area (Å²) in [5, 5.41) is 2.50. The smallest absolute Gasteiger partial charge is 0.273 e. The summed E-state index contributed by atoms with van der Waals surface area (Å²) in [6.45, 7) is 0.583. The molecule has 37 heavy (non-hydrogen) atoms. The number of carbonyl (C=O) groups is 1. The average Bonchev–Trinajstić information content (AvgIpc) is 3.37. The van der Waals surface area contributed by atoms with Crippen molar-refractivity contribution in [1.29, 1.82) is 0 Å². The van der Waals surface area contributed by atoms with Crippen LogP contribution < -0.4 is 4.72 Å². The van der Waals surface area contributed by atoms with Crippen LogP contribution in [0.4, 0.5) is 0 Å². The third kappa shape index (κ3) is 5.54. The number of amides is 1. The fraction of sp³-hybridized carbons (Fsp3) is 0.269. The number of thiophene rings is 1. The quantitative estimate of drug-likeness (QED) is 0.232. The Labute approximate surface area is 239 Å². The number of aromatic nitrogens is 1. The number of hydrogen-bond donors (Lipinski definition) is 1. The van der Waals surface area contributed by atoms with Gasteiger partial charge in [-0.2, -0.15) is 0 Å². The van der Waals surface area contributed by atoms with Crippen LogP contribution in [0.2, 0.25) is 19.4 Å². The lowest BCUT2D eigenvalue weighted by atomic mass is 9.95. The zero-order valence-corrected chi connectivity index (χ0v) is 24.1. The van der Waals surface area contributed by atoms with Crippen LogP contribution in [-0.4, -0.2) is 18.9 Å². The Kier molecular flexibility index (Phi) is 7.83. The second-order valence-corrected chi connectivity index (χ2v) is 13.8. The highest BCUT2D eigenvalue weighted by Crippen LogP contribution is 2.36. The topological polar surface area (TPSA) is 68.2 Å². The second-order valence-electron chi connectivity index (χ2n) is 8.98. The molecule has 194 valence electrons. The van der Waals surface area contributed by atoms with Gasteiger partial charge < -0.3 is 4.57 Å². The summed E-state index contributed by atoms with van der Waals surface area (Å²) in [6, 6.07) is 12.9. The van der Waals surface area contributed by atoms with E-state index in [0.29, 0.717) is 23.0 Å². The molecule has 0 aliphatic heterocycles. The highest BCUT2D eigenvalue weighted by molar-refractivity contribution is 7.92. The normalized spacial score (nSPS) is 13.6. The molecule has 5 rings (SSSR count). The number of halogens is 4. The first-order valence-electron chi connectivity index (χ1n) is 11.7. The van der Waals surface area contributed by atoms with Gasteiger partial charge in [0, 0.05) is 34.1 Å². The van der Waals surface area contributed by atoms with Gasteiger partial charge in [-0.1, -0.05) is 70.7 Å². The van der Waals surface area contributed by atoms with Gasteiger partial charge in [-0.3, -0.25) is 4.79 Å². The summed E-state index contributed by atoms with van der Waals surface area (Å²) in [7, 11) is -4.05. The molecule has 0 bridgehead atoms. The Hall–Kier alpha value is -1.74. The number of carbonyl (C=O) groups excluding carboxylic acids is 1. The van der Waals surface area contributed by atoms with Crippen molar-refractivity contribution in [2.45, 2.75) is 49.3 Å². The van der Waals surface area contributed by atoms with Gasteiger partial charge in [0.05, 0.1) is 10.5 Å². The molecule has 1 aliphatic carbocycles. The number of fused-ring (bicyclic) bond motifs is 3. The Bertz CT molecular complexity index is 1610. The average molecular weight is 616 g/mol. The van der Waals surface area contributed by atoms with Gasteiger partial charge in [-0.15, -0.1) is 11.3 Å². The molecular formula is C26H22Cl4N2O3S2. The molecule has 1 N–H and O–H groups in total. The summed E-state index contributed by atoms with van der Waals surface area (Å²) >= 11 is 25.2. The van der Waals surface area contributed by atoms with E-state index in [1.54, 1.807) is 6.07 Å². The molecular weight excluding hydrogens is 594 g/mol. The van der Waals surface area contributed by atoms with Gasteiger partial charge in [0.2, 0.25) is 5.91 Å². The van der Waals surface area contributed by atoms with Crippen LogP contribution >= 0.6 is 57.7 Å². The summed E-state index contributed by atoms with van der Waals surface area (Å²) in [5.74, 6) is -0.596. The Morgan fingerprint density at radius 1 is 0.973 bits per heavy atom. The van der Waals surface area contributed by atoms with Crippen molar-refractivity contribution in [1.82, 2.24) is 9.29 Å². The minimum atomic E-state index is -4.05. The fourth-order valence-electron chi connectivity index (χ4n) is 4.92. The Morgan fingerprint density at radius 2 is 1.76 bits per heavy atom. The largest absolute Gasteiger partial charge is 0.340 e. The van der Waals surface area contributed by atoms with Crippen LogP contribution in [0.25, 0.3) is 10.9 Å². The minimum Gasteiger partial charge on any atom is -0.340 e. The second kappa shape index (κ2) is 10.8. The van der Waals surface area contributed by atoms with Crippen LogP contribution in [0.15, 0.2) is 46.7 Å². The van der Waals surface area contributed by atoms with E-state index < -0.39 is 15.9 Å². The zero-order valence-electron chi connectivity index (χ0n) is 19.5. The summed E-state index contributed by atoms with van der Waals surface area (Å²) in [6.07, 6.45) is 4.60. The third-order valence-electron chi connectivity index (χ3n) is 6.58. The van der Waals surface area contributed by atoms with Crippen molar-refractivity contribution in [3.05, 3.63) is 84.3 Å². The maximum absolute atomic E-state index is 12.7. The maximum atomic E-state index is 12.7. The molecule has 0 saturated carbocycles. The highest BCUT2D eigenvalue weighted by Gasteiger charge is 2.24. The summed E-state index contributed by atoms with van der Waals surface area (Å²) in [4.78, 5) is 12.7. The molecule has 1 amide bonds. The molecule has 11 heteroatoms. The molecule has 0 radical (unpaired) electrons. The van der Waals surface area contributed by atoms with E-state index in [9.17, 15) is 13.2 Å². The predicted molar refractivity (Wildman–Crippen MR) is 152 cm³/mol. The number of nitrogens with zero attached hydrogens (tertiary/aromatic N) is 1. The number of rotatable bonds is 7. The van der Waals surface area contributed by atoms with Gasteiger partial charge in [0.25, 0.3) is 10.0 Å². The minimum absolute atomic E-state index is 0.00271. The number of hydrogen-bond acceptors (Lipinski definition) is 4. The number of benzene rings is 2. The van der Waals surface area contributed by atoms with E-state index in [0.717, 1.165) is 53.7 Å². The van der Waals surface area contributed by atoms with Crippen LogP contribution in [0.5, 0.6) is 0 Å². The molecule has 2 aromatic carbocycles. The number of sulfonamides is 1. The third-order valence-corrected chi connectivity index (χ3v) is 10.9. The molecule has 5 nitrogen and oxygen atoms in total. The van der Waals surface area contributed by atoms with Gasteiger partial charge >= 0.3 is 0 Å². The van der Waals surface area contributed by atoms with E-state index >= 15 is 0 Å². The lowest BCUT2D eigenvalue weighted by Crippen LogP contribution is -2.30. The van der Waals surface area contributed by atoms with E-state index in [-0.39, 0.29) is 20.0 Å². The predicted octanol–water partition coefficient (Wildman–Crippen LogP) is 7.68. The molecule has 0 spiro atoms. The summed E-state index contributed by atoms with van der Waals surface area (Å²) < 4.78 is 29.7. The standard InChI is InChI=1S/C26H22Cl4N2O3S2/c27-17-10-8-16(20(28)12-17)14-32-22-7-2-1-5-18(22)19-6-3-4-15(25(19)32)9-11-23(33)31-37(34,35)24-13-21(29)26(30)36-24/h3-4,6,8,10,12-13H,1-2,5,7,9,11,14H2,(H,31,33). The molecule has 0 fully saturated rings. The van der Waals surface area contributed by atoms with E-state index in [1.807, 2.05) is 24.3 Å². The first kappa shape index (κ1) is 26.9. The Morgan fingerprint density at radius 3 is 2.49 bits per heavy atom. The van der Waals surface area contributed by atoms with Crippen molar-refractivity contribution >= 4 is 84.6 Å². The lowest BCUT2D eigenvalue weighted by molar-refractivity contribution is -0.119. The van der Waals surface area contributed by atoms with Gasteiger partial charge in [0.15, 0.2) is 0 Å². The molecule has 0 atom stereocenters. The number of para-hydroxylation sites is 1. The highest BCUT2D eigenvalue weighted by atomic mass is 35.5. The number of nitrogens with one attached hydrogen (secondary N) is 1. The molecule has 0 unspecified atom stereocenters. The molecule has 2 aromatic heterocycles. The maximum Gasteiger partial charge on any atom is 0.273 e. The first-order chi connectivity index (χ1) is 17.6. The van der Waals surface area contributed by atoms with E-state index in [2.05, 4.69) is 15.4 Å². The fourth-order valence-corrected chi connectivity index (χ4v) is 8.28. The molecule has 0 saturated heterocycles. The van der Waals surface area contributed by atoms with E-state index in [4.69, 9.17) is 46.4 Å². The van der Waals surface area contributed by atoms with Gasteiger partial charge in [0.1, 0.15) is 8.55 Å². The van der Waals surface area contributed by atoms with Gasteiger partial charge in [-0.25, -0.2) is 13.1 Å². The van der Waals surface area contributed by atoms with Crippen molar-refractivity contribution < 1.29 is 13.2 Å². The first-order valence-corrected chi connectivity index (χ1v) is 15.5. The SMILES string of the molecule is O=C(CCc1cccc2c3c(n(Cc4ccc(Cl)cc4Cl)c12)CCCC3)NS(=O)(=O)c1cc(Cl)c(Cl)s1. The van der Waals surface area contributed by atoms with Crippen LogP contribution in [0.1, 0.15) is 41.6 Å². The monoisotopic (exact) mass is 614 g/mol.